The normalized spacial score (nSPS) is 15.9. The molecule has 0 spiro atoms. The van der Waals surface area contributed by atoms with Gasteiger partial charge in [0.05, 0.1) is 0 Å². The Balaban J connectivity index is 1.78. The van der Waals surface area contributed by atoms with E-state index in [-0.39, 0.29) is 35.6 Å². The number of benzene rings is 1. The number of carbonyl (C=O) groups is 1. The number of aryl methyl sites for hydroxylation is 2. The van der Waals surface area contributed by atoms with Gasteiger partial charge in [-0.1, -0.05) is 45.0 Å². The van der Waals surface area contributed by atoms with Crippen molar-refractivity contribution in [2.45, 2.75) is 58.3 Å². The molecule has 164 valence electrons. The van der Waals surface area contributed by atoms with Gasteiger partial charge in [-0.15, -0.1) is 0 Å². The predicted octanol–water partition coefficient (Wildman–Crippen LogP) is 3.68. The Morgan fingerprint density at radius 1 is 1.03 bits per heavy atom. The average Bonchev–Trinajstić information content (AvgIpc) is 3.05. The molecule has 30 heavy (non-hydrogen) atoms. The third-order valence-electron chi connectivity index (χ3n) is 5.69. The molecule has 1 amide bonds. The summed E-state index contributed by atoms with van der Waals surface area (Å²) in [5.41, 5.74) is 3.32. The van der Waals surface area contributed by atoms with Crippen molar-refractivity contribution in [3.8, 4) is 0 Å². The lowest BCUT2D eigenvalue weighted by atomic mass is 9.91. The third kappa shape index (κ3) is 4.16. The van der Waals surface area contributed by atoms with Gasteiger partial charge < -0.3 is 9.42 Å². The fraction of sp³-hybridized carbons (Fsp3) is 0.545. The lowest BCUT2D eigenvalue weighted by Gasteiger charge is -2.34. The van der Waals surface area contributed by atoms with E-state index in [9.17, 15) is 13.2 Å². The van der Waals surface area contributed by atoms with Crippen molar-refractivity contribution in [2.24, 2.45) is 0 Å². The lowest BCUT2D eigenvalue weighted by Crippen LogP contribution is -2.50. The van der Waals surface area contributed by atoms with Gasteiger partial charge >= 0.3 is 0 Å². The van der Waals surface area contributed by atoms with Crippen LogP contribution in [-0.4, -0.2) is 54.9 Å². The topological polar surface area (TPSA) is 83.7 Å². The number of piperazine rings is 1. The van der Waals surface area contributed by atoms with Gasteiger partial charge in [0, 0.05) is 31.7 Å². The second-order valence-electron chi connectivity index (χ2n) is 8.51. The monoisotopic (exact) mass is 433 g/mol. The highest BCUT2D eigenvalue weighted by Crippen LogP contribution is 2.28. The minimum Gasteiger partial charge on any atom is -0.360 e. The van der Waals surface area contributed by atoms with Crippen molar-refractivity contribution < 1.29 is 17.7 Å². The van der Waals surface area contributed by atoms with E-state index in [0.717, 1.165) is 5.56 Å². The smallest absolute Gasteiger partial charge is 0.254 e. The summed E-state index contributed by atoms with van der Waals surface area (Å²) in [5.74, 6) is 0.870. The molecular formula is C22H31N3O4S. The molecule has 0 unspecified atom stereocenters. The Kier molecular flexibility index (Phi) is 6.38. The largest absolute Gasteiger partial charge is 0.360 e. The van der Waals surface area contributed by atoms with E-state index in [1.54, 1.807) is 18.7 Å². The molecule has 1 fully saturated rings. The fourth-order valence-electron chi connectivity index (χ4n) is 3.89. The number of amides is 1. The summed E-state index contributed by atoms with van der Waals surface area (Å²) in [5, 5.41) is 3.76. The highest BCUT2D eigenvalue weighted by molar-refractivity contribution is 7.89. The van der Waals surface area contributed by atoms with Gasteiger partial charge in [-0.25, -0.2) is 8.42 Å². The Morgan fingerprint density at radius 2 is 1.67 bits per heavy atom. The minimum absolute atomic E-state index is 0.0385. The zero-order valence-corrected chi connectivity index (χ0v) is 19.4. The SMILES string of the molecule is Cc1noc(C)c1S(=O)(=O)N1CCN(C(=O)c2ccc(C(C)C)cc2C(C)C)CC1. The maximum atomic E-state index is 13.2. The van der Waals surface area contributed by atoms with Crippen LogP contribution in [0, 0.1) is 13.8 Å². The van der Waals surface area contributed by atoms with E-state index in [1.807, 2.05) is 12.1 Å². The first-order valence-electron chi connectivity index (χ1n) is 10.4. The molecule has 0 saturated carbocycles. The summed E-state index contributed by atoms with van der Waals surface area (Å²) in [6.45, 7) is 12.9. The van der Waals surface area contributed by atoms with Crippen LogP contribution in [0.4, 0.5) is 0 Å². The number of sulfonamides is 1. The molecule has 0 atom stereocenters. The molecule has 1 aromatic carbocycles. The second kappa shape index (κ2) is 8.51. The van der Waals surface area contributed by atoms with Gasteiger partial charge in [-0.05, 0) is 42.9 Å². The Morgan fingerprint density at radius 3 is 2.17 bits per heavy atom. The number of rotatable bonds is 5. The quantitative estimate of drug-likeness (QED) is 0.718. The molecular weight excluding hydrogens is 402 g/mol. The van der Waals surface area contributed by atoms with Crippen molar-refractivity contribution in [3.63, 3.8) is 0 Å². The van der Waals surface area contributed by atoms with Crippen LogP contribution in [0.3, 0.4) is 0 Å². The van der Waals surface area contributed by atoms with E-state index in [2.05, 4.69) is 38.9 Å². The highest BCUT2D eigenvalue weighted by Gasteiger charge is 2.34. The summed E-state index contributed by atoms with van der Waals surface area (Å²) >= 11 is 0. The molecule has 2 aromatic rings. The van der Waals surface area contributed by atoms with Crippen LogP contribution >= 0.6 is 0 Å². The van der Waals surface area contributed by atoms with Gasteiger partial charge in [0.2, 0.25) is 10.0 Å². The molecule has 1 aromatic heterocycles. The van der Waals surface area contributed by atoms with Crippen LogP contribution in [0.15, 0.2) is 27.6 Å². The first kappa shape index (κ1) is 22.5. The maximum Gasteiger partial charge on any atom is 0.254 e. The molecule has 0 bridgehead atoms. The predicted molar refractivity (Wildman–Crippen MR) is 115 cm³/mol. The van der Waals surface area contributed by atoms with Gasteiger partial charge in [0.25, 0.3) is 5.91 Å². The molecule has 0 N–H and O–H groups in total. The van der Waals surface area contributed by atoms with Crippen molar-refractivity contribution >= 4 is 15.9 Å². The molecule has 0 aliphatic carbocycles. The van der Waals surface area contributed by atoms with E-state index in [4.69, 9.17) is 4.52 Å². The van der Waals surface area contributed by atoms with Crippen molar-refractivity contribution in [2.75, 3.05) is 26.2 Å². The minimum atomic E-state index is -3.69. The standard InChI is InChI=1S/C22H31N3O4S/c1-14(2)18-7-8-19(20(13-18)15(3)4)22(26)24-9-11-25(12-10-24)30(27,28)21-16(5)23-29-17(21)6/h7-8,13-15H,9-12H2,1-6H3. The van der Waals surface area contributed by atoms with Crippen LogP contribution in [0.2, 0.25) is 0 Å². The number of nitrogens with zero attached hydrogens (tertiary/aromatic N) is 3. The van der Waals surface area contributed by atoms with E-state index < -0.39 is 10.0 Å². The average molecular weight is 434 g/mol. The number of aromatic nitrogens is 1. The Labute approximate surface area is 179 Å². The van der Waals surface area contributed by atoms with Crippen molar-refractivity contribution in [3.05, 3.63) is 46.3 Å². The van der Waals surface area contributed by atoms with Crippen LogP contribution < -0.4 is 0 Å². The zero-order valence-electron chi connectivity index (χ0n) is 18.6. The van der Waals surface area contributed by atoms with Crippen molar-refractivity contribution in [1.82, 2.24) is 14.4 Å². The highest BCUT2D eigenvalue weighted by atomic mass is 32.2. The zero-order chi connectivity index (χ0) is 22.2. The van der Waals surface area contributed by atoms with Crippen LogP contribution in [0.25, 0.3) is 0 Å². The number of carbonyl (C=O) groups excluding carboxylic acids is 1. The van der Waals surface area contributed by atoms with Crippen LogP contribution in [0.1, 0.15) is 72.5 Å². The van der Waals surface area contributed by atoms with Crippen molar-refractivity contribution in [1.29, 1.82) is 0 Å². The summed E-state index contributed by atoms with van der Waals surface area (Å²) in [4.78, 5) is 15.1. The van der Waals surface area contributed by atoms with Gasteiger partial charge in [0.15, 0.2) is 5.76 Å². The molecule has 1 saturated heterocycles. The van der Waals surface area contributed by atoms with Gasteiger partial charge in [0.1, 0.15) is 10.6 Å². The molecule has 2 heterocycles. The molecule has 0 radical (unpaired) electrons. The van der Waals surface area contributed by atoms with Crippen LogP contribution in [0.5, 0.6) is 0 Å². The van der Waals surface area contributed by atoms with E-state index >= 15 is 0 Å². The summed E-state index contributed by atoms with van der Waals surface area (Å²) in [6, 6.07) is 6.06. The molecule has 3 rings (SSSR count). The lowest BCUT2D eigenvalue weighted by molar-refractivity contribution is 0.0696. The Hall–Kier alpha value is -2.19. The third-order valence-corrected chi connectivity index (χ3v) is 7.83. The van der Waals surface area contributed by atoms with Gasteiger partial charge in [-0.2, -0.15) is 4.31 Å². The fourth-order valence-corrected chi connectivity index (χ4v) is 5.60. The second-order valence-corrected chi connectivity index (χ2v) is 10.4. The first-order valence-corrected chi connectivity index (χ1v) is 11.8. The summed E-state index contributed by atoms with van der Waals surface area (Å²) in [6.07, 6.45) is 0. The Bertz CT molecular complexity index is 1010. The van der Waals surface area contributed by atoms with Crippen LogP contribution in [-0.2, 0) is 10.0 Å². The summed E-state index contributed by atoms with van der Waals surface area (Å²) in [7, 11) is -3.69. The summed E-state index contributed by atoms with van der Waals surface area (Å²) < 4.78 is 32.4. The number of hydrogen-bond acceptors (Lipinski definition) is 5. The molecule has 7 nitrogen and oxygen atoms in total. The molecule has 8 heteroatoms. The molecule has 1 aliphatic heterocycles. The first-order chi connectivity index (χ1) is 14.0. The molecule has 1 aliphatic rings. The number of hydrogen-bond donors (Lipinski definition) is 0. The van der Waals surface area contributed by atoms with E-state index in [0.29, 0.717) is 30.3 Å². The van der Waals surface area contributed by atoms with Gasteiger partial charge in [-0.3, -0.25) is 4.79 Å². The maximum absolute atomic E-state index is 13.2. The van der Waals surface area contributed by atoms with E-state index in [1.165, 1.54) is 9.87 Å².